The second kappa shape index (κ2) is 6.32. The number of hydrogen-bond donors (Lipinski definition) is 1. The van der Waals surface area contributed by atoms with E-state index in [1.54, 1.807) is 0 Å². The summed E-state index contributed by atoms with van der Waals surface area (Å²) in [5.74, 6) is -0.103. The number of carbonyl (C=O) groups is 2. The van der Waals surface area contributed by atoms with Gasteiger partial charge in [-0.25, -0.2) is 0 Å². The first-order valence-electron chi connectivity index (χ1n) is 8.17. The molecule has 0 spiro atoms. The van der Waals surface area contributed by atoms with Crippen molar-refractivity contribution in [1.82, 2.24) is 14.7 Å². The minimum atomic E-state index is -0.246. The Morgan fingerprint density at radius 1 is 1.00 bits per heavy atom. The predicted molar refractivity (Wildman–Crippen MR) is 79.5 cm³/mol. The Labute approximate surface area is 126 Å². The zero-order chi connectivity index (χ0) is 14.8. The van der Waals surface area contributed by atoms with Crippen molar-refractivity contribution in [2.24, 2.45) is 11.7 Å². The van der Waals surface area contributed by atoms with Crippen molar-refractivity contribution in [3.8, 4) is 0 Å². The summed E-state index contributed by atoms with van der Waals surface area (Å²) in [6.07, 6.45) is 5.10. The lowest BCUT2D eigenvalue weighted by Crippen LogP contribution is -2.55. The van der Waals surface area contributed by atoms with Gasteiger partial charge in [0.25, 0.3) is 0 Å². The number of nitrogens with zero attached hydrogens (tertiary/aromatic N) is 3. The maximum atomic E-state index is 12.3. The first kappa shape index (κ1) is 14.8. The van der Waals surface area contributed by atoms with E-state index in [9.17, 15) is 9.59 Å². The molecule has 3 aliphatic rings. The van der Waals surface area contributed by atoms with Gasteiger partial charge in [0.1, 0.15) is 0 Å². The molecule has 1 aliphatic carbocycles. The van der Waals surface area contributed by atoms with Crippen LogP contribution in [0.5, 0.6) is 0 Å². The number of rotatable bonds is 4. The molecule has 2 amide bonds. The minimum Gasteiger partial charge on any atom is -0.369 e. The lowest BCUT2D eigenvalue weighted by molar-refractivity contribution is -0.137. The molecule has 118 valence electrons. The van der Waals surface area contributed by atoms with Crippen molar-refractivity contribution in [3.05, 3.63) is 0 Å². The molecule has 2 aliphatic heterocycles. The molecule has 3 fully saturated rings. The van der Waals surface area contributed by atoms with Gasteiger partial charge in [-0.1, -0.05) is 6.42 Å². The number of likely N-dealkylation sites (tertiary alicyclic amines) is 1. The van der Waals surface area contributed by atoms with Crippen molar-refractivity contribution >= 4 is 11.8 Å². The average Bonchev–Trinajstić information content (AvgIpc) is 2.56. The van der Waals surface area contributed by atoms with E-state index in [1.165, 1.54) is 19.3 Å². The van der Waals surface area contributed by atoms with Crippen LogP contribution in [-0.4, -0.2) is 78.4 Å². The molecule has 0 unspecified atom stereocenters. The van der Waals surface area contributed by atoms with Crippen molar-refractivity contribution in [3.63, 3.8) is 0 Å². The molecule has 3 rings (SSSR count). The maximum Gasteiger partial charge on any atom is 0.236 e. The Morgan fingerprint density at radius 3 is 2.38 bits per heavy atom. The molecule has 2 saturated heterocycles. The van der Waals surface area contributed by atoms with E-state index in [2.05, 4.69) is 4.90 Å². The normalized spacial score (nSPS) is 26.0. The van der Waals surface area contributed by atoms with Crippen molar-refractivity contribution in [1.29, 1.82) is 0 Å². The summed E-state index contributed by atoms with van der Waals surface area (Å²) < 4.78 is 0. The molecule has 0 aromatic heterocycles. The van der Waals surface area contributed by atoms with Crippen LogP contribution in [0, 0.1) is 5.92 Å². The number of nitrogens with two attached hydrogens (primary N) is 1. The maximum absolute atomic E-state index is 12.3. The zero-order valence-corrected chi connectivity index (χ0v) is 12.7. The molecule has 2 N–H and O–H groups in total. The van der Waals surface area contributed by atoms with Crippen LogP contribution in [0.1, 0.15) is 25.7 Å². The number of primary amides is 1. The molecular formula is C15H26N4O2. The molecule has 6 heteroatoms. The molecule has 2 heterocycles. The van der Waals surface area contributed by atoms with Crippen LogP contribution in [0.15, 0.2) is 0 Å². The Kier molecular flexibility index (Phi) is 4.45. The second-order valence-electron chi connectivity index (χ2n) is 6.65. The van der Waals surface area contributed by atoms with Gasteiger partial charge in [-0.05, 0) is 19.3 Å². The van der Waals surface area contributed by atoms with Gasteiger partial charge in [0, 0.05) is 45.3 Å². The first-order chi connectivity index (χ1) is 10.1. The van der Waals surface area contributed by atoms with Gasteiger partial charge in [0.2, 0.25) is 11.8 Å². The van der Waals surface area contributed by atoms with Crippen LogP contribution >= 0.6 is 0 Å². The molecule has 0 bridgehead atoms. The highest BCUT2D eigenvalue weighted by Gasteiger charge is 2.33. The van der Waals surface area contributed by atoms with E-state index in [1.807, 2.05) is 9.80 Å². The predicted octanol–water partition coefficient (Wildman–Crippen LogP) is -0.510. The monoisotopic (exact) mass is 294 g/mol. The molecule has 0 radical (unpaired) electrons. The smallest absolute Gasteiger partial charge is 0.236 e. The fourth-order valence-corrected chi connectivity index (χ4v) is 3.47. The Balaban J connectivity index is 1.42. The van der Waals surface area contributed by atoms with E-state index in [-0.39, 0.29) is 17.7 Å². The third-order valence-electron chi connectivity index (χ3n) is 5.19. The lowest BCUT2D eigenvalue weighted by atomic mass is 9.91. The molecule has 6 nitrogen and oxygen atoms in total. The van der Waals surface area contributed by atoms with Crippen LogP contribution in [0.4, 0.5) is 0 Å². The number of hydrogen-bond acceptors (Lipinski definition) is 4. The molecule has 0 aromatic rings. The van der Waals surface area contributed by atoms with Gasteiger partial charge in [0.15, 0.2) is 0 Å². The molecule has 21 heavy (non-hydrogen) atoms. The van der Waals surface area contributed by atoms with Crippen molar-refractivity contribution in [2.45, 2.75) is 31.7 Å². The van der Waals surface area contributed by atoms with Crippen molar-refractivity contribution < 1.29 is 9.59 Å². The average molecular weight is 294 g/mol. The largest absolute Gasteiger partial charge is 0.369 e. The number of carbonyl (C=O) groups excluding carboxylic acids is 2. The summed E-state index contributed by atoms with van der Waals surface area (Å²) in [5, 5.41) is 0. The quantitative estimate of drug-likeness (QED) is 0.758. The van der Waals surface area contributed by atoms with E-state index >= 15 is 0 Å². The standard InChI is InChI=1S/C15H26N4O2/c16-15(21)12-9-17(10-12)11-14(20)19-6-2-5-18(7-8-19)13-3-1-4-13/h12-13H,1-11H2,(H2,16,21). The first-order valence-corrected chi connectivity index (χ1v) is 8.17. The summed E-state index contributed by atoms with van der Waals surface area (Å²) >= 11 is 0. The molecule has 0 aromatic carbocycles. The highest BCUT2D eigenvalue weighted by Crippen LogP contribution is 2.25. The zero-order valence-electron chi connectivity index (χ0n) is 12.7. The van der Waals surface area contributed by atoms with E-state index in [0.717, 1.165) is 38.6 Å². The Morgan fingerprint density at radius 2 is 1.76 bits per heavy atom. The summed E-state index contributed by atoms with van der Waals surface area (Å²) in [7, 11) is 0. The SMILES string of the molecule is NC(=O)C1CN(CC(=O)N2CCCN(C3CCC3)CC2)C1. The van der Waals surface area contributed by atoms with E-state index in [4.69, 9.17) is 5.73 Å². The molecular weight excluding hydrogens is 268 g/mol. The fourth-order valence-electron chi connectivity index (χ4n) is 3.47. The van der Waals surface area contributed by atoms with Crippen LogP contribution in [0.2, 0.25) is 0 Å². The third kappa shape index (κ3) is 3.37. The molecule has 0 atom stereocenters. The van der Waals surface area contributed by atoms with Gasteiger partial charge >= 0.3 is 0 Å². The van der Waals surface area contributed by atoms with Gasteiger partial charge < -0.3 is 10.6 Å². The fraction of sp³-hybridized carbons (Fsp3) is 0.867. The highest BCUT2D eigenvalue weighted by molar-refractivity contribution is 5.80. The Bertz CT molecular complexity index is 404. The van der Waals surface area contributed by atoms with Gasteiger partial charge in [-0.15, -0.1) is 0 Å². The van der Waals surface area contributed by atoms with Crippen LogP contribution in [0.3, 0.4) is 0 Å². The second-order valence-corrected chi connectivity index (χ2v) is 6.65. The summed E-state index contributed by atoms with van der Waals surface area (Å²) in [6, 6.07) is 0.770. The highest BCUT2D eigenvalue weighted by atomic mass is 16.2. The molecule has 1 saturated carbocycles. The van der Waals surface area contributed by atoms with Gasteiger partial charge in [0.05, 0.1) is 12.5 Å². The van der Waals surface area contributed by atoms with Gasteiger partial charge in [-0.2, -0.15) is 0 Å². The van der Waals surface area contributed by atoms with Crippen LogP contribution in [-0.2, 0) is 9.59 Å². The van der Waals surface area contributed by atoms with E-state index in [0.29, 0.717) is 19.6 Å². The van der Waals surface area contributed by atoms with Crippen LogP contribution < -0.4 is 5.73 Å². The Hall–Kier alpha value is -1.14. The summed E-state index contributed by atoms with van der Waals surface area (Å²) in [4.78, 5) is 29.9. The van der Waals surface area contributed by atoms with Crippen molar-refractivity contribution in [2.75, 3.05) is 45.8 Å². The minimum absolute atomic E-state index is 0.0592. The number of amides is 2. The van der Waals surface area contributed by atoms with E-state index < -0.39 is 0 Å². The topological polar surface area (TPSA) is 69.9 Å². The van der Waals surface area contributed by atoms with Gasteiger partial charge in [-0.3, -0.25) is 19.4 Å². The van der Waals surface area contributed by atoms with Crippen LogP contribution in [0.25, 0.3) is 0 Å². The lowest BCUT2D eigenvalue weighted by Gasteiger charge is -2.38. The third-order valence-corrected chi connectivity index (χ3v) is 5.19. The summed E-state index contributed by atoms with van der Waals surface area (Å²) in [5.41, 5.74) is 5.25. The summed E-state index contributed by atoms with van der Waals surface area (Å²) in [6.45, 7) is 5.58.